The second kappa shape index (κ2) is 7.01. The van der Waals surface area contributed by atoms with Crippen LogP contribution in [-0.4, -0.2) is 20.3 Å². The van der Waals surface area contributed by atoms with Gasteiger partial charge in [-0.05, 0) is 48.3 Å². The summed E-state index contributed by atoms with van der Waals surface area (Å²) >= 11 is 1.85. The quantitative estimate of drug-likeness (QED) is 0.292. The molecule has 0 N–H and O–H groups in total. The van der Waals surface area contributed by atoms with Gasteiger partial charge in [0, 0.05) is 17.3 Å². The number of hydrogen-bond acceptors (Lipinski definition) is 3. The highest BCUT2D eigenvalue weighted by atomic mass is 32.2. The number of fused-ring (bicyclic) bond motifs is 2. The van der Waals surface area contributed by atoms with Crippen LogP contribution in [0, 0.1) is 0 Å². The SMILES string of the molecule is CCCCSc1nc2cnccc2n1-c1ccc(C2CC2)c2ccccc12. The number of benzene rings is 2. The fourth-order valence-corrected chi connectivity index (χ4v) is 4.90. The Balaban J connectivity index is 1.73. The Morgan fingerprint density at radius 3 is 2.74 bits per heavy atom. The van der Waals surface area contributed by atoms with Gasteiger partial charge in [0.1, 0.15) is 5.52 Å². The first kappa shape index (κ1) is 16.8. The van der Waals surface area contributed by atoms with Crippen LogP contribution in [0.3, 0.4) is 0 Å². The second-order valence-corrected chi connectivity index (χ2v) is 8.35. The average molecular weight is 374 g/mol. The van der Waals surface area contributed by atoms with E-state index in [2.05, 4.69) is 58.9 Å². The molecule has 0 aliphatic heterocycles. The Bertz CT molecular complexity index is 1110. The molecule has 27 heavy (non-hydrogen) atoms. The van der Waals surface area contributed by atoms with Gasteiger partial charge in [-0.3, -0.25) is 9.55 Å². The van der Waals surface area contributed by atoms with Crippen LogP contribution in [-0.2, 0) is 0 Å². The van der Waals surface area contributed by atoms with Crippen LogP contribution in [0.5, 0.6) is 0 Å². The molecule has 2 heterocycles. The summed E-state index contributed by atoms with van der Waals surface area (Å²) in [5.74, 6) is 1.83. The molecule has 1 fully saturated rings. The van der Waals surface area contributed by atoms with Gasteiger partial charge < -0.3 is 0 Å². The summed E-state index contributed by atoms with van der Waals surface area (Å²) in [6.45, 7) is 2.23. The maximum absolute atomic E-state index is 4.90. The molecule has 5 rings (SSSR count). The summed E-state index contributed by atoms with van der Waals surface area (Å²) in [6, 6.07) is 15.5. The number of hydrogen-bond donors (Lipinski definition) is 0. The summed E-state index contributed by atoms with van der Waals surface area (Å²) < 4.78 is 2.33. The van der Waals surface area contributed by atoms with Gasteiger partial charge in [-0.1, -0.05) is 55.4 Å². The topological polar surface area (TPSA) is 30.7 Å². The van der Waals surface area contributed by atoms with Crippen LogP contribution in [0.1, 0.15) is 44.1 Å². The first-order valence-electron chi connectivity index (χ1n) is 9.84. The molecule has 0 bridgehead atoms. The highest BCUT2D eigenvalue weighted by molar-refractivity contribution is 7.99. The van der Waals surface area contributed by atoms with Crippen molar-refractivity contribution in [2.45, 2.75) is 43.7 Å². The molecule has 4 heteroatoms. The van der Waals surface area contributed by atoms with Gasteiger partial charge in [-0.25, -0.2) is 4.98 Å². The number of thioether (sulfide) groups is 1. The predicted octanol–water partition coefficient (Wildman–Crippen LogP) is 6.34. The van der Waals surface area contributed by atoms with E-state index in [-0.39, 0.29) is 0 Å². The van der Waals surface area contributed by atoms with Crippen molar-refractivity contribution in [3.63, 3.8) is 0 Å². The van der Waals surface area contributed by atoms with E-state index in [0.717, 1.165) is 27.9 Å². The Morgan fingerprint density at radius 2 is 1.93 bits per heavy atom. The lowest BCUT2D eigenvalue weighted by Gasteiger charge is -2.14. The summed E-state index contributed by atoms with van der Waals surface area (Å²) in [5.41, 5.74) is 4.82. The number of imidazole rings is 1. The van der Waals surface area contributed by atoms with Gasteiger partial charge >= 0.3 is 0 Å². The average Bonchev–Trinajstić information content (AvgIpc) is 3.48. The molecule has 3 nitrogen and oxygen atoms in total. The van der Waals surface area contributed by atoms with Crippen molar-refractivity contribution >= 4 is 33.6 Å². The van der Waals surface area contributed by atoms with Crippen molar-refractivity contribution in [3.05, 3.63) is 60.4 Å². The smallest absolute Gasteiger partial charge is 0.173 e. The van der Waals surface area contributed by atoms with Crippen LogP contribution in [0.2, 0.25) is 0 Å². The number of pyridine rings is 1. The number of unbranched alkanes of at least 4 members (excludes halogenated alkanes) is 1. The molecule has 2 aromatic carbocycles. The molecule has 4 aromatic rings. The maximum atomic E-state index is 4.90. The van der Waals surface area contributed by atoms with Crippen molar-refractivity contribution in [1.29, 1.82) is 0 Å². The Labute approximate surface area is 163 Å². The van der Waals surface area contributed by atoms with Gasteiger partial charge in [-0.15, -0.1) is 0 Å². The zero-order chi connectivity index (χ0) is 18.2. The second-order valence-electron chi connectivity index (χ2n) is 7.29. The van der Waals surface area contributed by atoms with Gasteiger partial charge in [0.15, 0.2) is 5.16 Å². The molecule has 0 amide bonds. The van der Waals surface area contributed by atoms with Crippen molar-refractivity contribution in [1.82, 2.24) is 14.5 Å². The first-order chi connectivity index (χ1) is 13.4. The molecule has 1 aliphatic carbocycles. The predicted molar refractivity (Wildman–Crippen MR) is 114 cm³/mol. The highest BCUT2D eigenvalue weighted by Crippen LogP contribution is 2.44. The standard InChI is InChI=1S/C23H23N3S/c1-2-3-14-27-23-25-20-15-24-13-12-22(20)26(23)21-11-10-17(16-8-9-16)18-6-4-5-7-19(18)21/h4-7,10-13,15-16H,2-3,8-9,14H2,1H3. The van der Waals surface area contributed by atoms with E-state index in [9.17, 15) is 0 Å². The van der Waals surface area contributed by atoms with Gasteiger partial charge in [0.25, 0.3) is 0 Å². The largest absolute Gasteiger partial charge is 0.287 e. The van der Waals surface area contributed by atoms with E-state index in [0.29, 0.717) is 0 Å². The molecule has 0 unspecified atom stereocenters. The van der Waals surface area contributed by atoms with E-state index < -0.39 is 0 Å². The summed E-state index contributed by atoms with van der Waals surface area (Å²) in [7, 11) is 0. The maximum Gasteiger partial charge on any atom is 0.173 e. The van der Waals surface area contributed by atoms with E-state index in [1.165, 1.54) is 47.7 Å². The number of nitrogens with zero attached hydrogens (tertiary/aromatic N) is 3. The normalized spacial score (nSPS) is 14.3. The molecule has 0 saturated heterocycles. The summed E-state index contributed by atoms with van der Waals surface area (Å²) in [4.78, 5) is 9.18. The summed E-state index contributed by atoms with van der Waals surface area (Å²) in [5, 5.41) is 3.77. The fourth-order valence-electron chi connectivity index (χ4n) is 3.80. The van der Waals surface area contributed by atoms with E-state index >= 15 is 0 Å². The van der Waals surface area contributed by atoms with Gasteiger partial charge in [0.05, 0.1) is 17.4 Å². The molecule has 1 saturated carbocycles. The lowest BCUT2D eigenvalue weighted by atomic mass is 9.99. The highest BCUT2D eigenvalue weighted by Gasteiger charge is 2.26. The zero-order valence-electron chi connectivity index (χ0n) is 15.6. The third-order valence-electron chi connectivity index (χ3n) is 5.35. The Hall–Kier alpha value is -2.33. The first-order valence-corrected chi connectivity index (χ1v) is 10.8. The van der Waals surface area contributed by atoms with E-state index in [1.54, 1.807) is 0 Å². The van der Waals surface area contributed by atoms with Crippen LogP contribution in [0.15, 0.2) is 60.0 Å². The van der Waals surface area contributed by atoms with E-state index in [4.69, 9.17) is 4.98 Å². The summed E-state index contributed by atoms with van der Waals surface area (Å²) in [6.07, 6.45) is 8.78. The molecule has 136 valence electrons. The van der Waals surface area contributed by atoms with Crippen LogP contribution < -0.4 is 0 Å². The number of rotatable bonds is 6. The van der Waals surface area contributed by atoms with Crippen molar-refractivity contribution in [2.24, 2.45) is 0 Å². The minimum Gasteiger partial charge on any atom is -0.287 e. The molecular formula is C23H23N3S. The lowest BCUT2D eigenvalue weighted by molar-refractivity contribution is 0.881. The van der Waals surface area contributed by atoms with Crippen LogP contribution in [0.25, 0.3) is 27.5 Å². The molecule has 1 aliphatic rings. The van der Waals surface area contributed by atoms with Gasteiger partial charge in [-0.2, -0.15) is 0 Å². The third-order valence-corrected chi connectivity index (χ3v) is 6.37. The van der Waals surface area contributed by atoms with E-state index in [1.807, 2.05) is 24.2 Å². The monoisotopic (exact) mass is 373 g/mol. The minimum atomic E-state index is 0.742. The van der Waals surface area contributed by atoms with Crippen molar-refractivity contribution in [3.8, 4) is 5.69 Å². The van der Waals surface area contributed by atoms with Crippen molar-refractivity contribution < 1.29 is 0 Å². The molecular weight excluding hydrogens is 350 g/mol. The van der Waals surface area contributed by atoms with Gasteiger partial charge in [0.2, 0.25) is 0 Å². The van der Waals surface area contributed by atoms with Crippen LogP contribution >= 0.6 is 11.8 Å². The minimum absolute atomic E-state index is 0.742. The van der Waals surface area contributed by atoms with Crippen LogP contribution in [0.4, 0.5) is 0 Å². The molecule has 2 aromatic heterocycles. The molecule has 0 spiro atoms. The number of aromatic nitrogens is 3. The molecule has 0 atom stereocenters. The van der Waals surface area contributed by atoms with Crippen molar-refractivity contribution in [2.75, 3.05) is 5.75 Å². The Morgan fingerprint density at radius 1 is 1.07 bits per heavy atom. The Kier molecular flexibility index (Phi) is 4.36. The zero-order valence-corrected chi connectivity index (χ0v) is 16.4. The molecule has 0 radical (unpaired) electrons. The fraction of sp³-hybridized carbons (Fsp3) is 0.304. The lowest BCUT2D eigenvalue weighted by Crippen LogP contribution is -1.99. The third kappa shape index (κ3) is 3.02.